The number of hydrogen-bond donors (Lipinski definition) is 2. The molecule has 4 rings (SSSR count). The van der Waals surface area contributed by atoms with Crippen LogP contribution in [0.2, 0.25) is 0 Å². The number of H-pyrrole nitrogens is 1. The highest BCUT2D eigenvalue weighted by Gasteiger charge is 2.18. The van der Waals surface area contributed by atoms with Gasteiger partial charge in [0.1, 0.15) is 11.2 Å². The second-order valence-electron chi connectivity index (χ2n) is 4.88. The number of imidazole rings is 1. The highest BCUT2D eigenvalue weighted by molar-refractivity contribution is 6.00. The Bertz CT molecular complexity index is 690. The minimum Gasteiger partial charge on any atom is -0.346 e. The molecule has 0 amide bonds. The fourth-order valence-electron chi connectivity index (χ4n) is 2.88. The van der Waals surface area contributed by atoms with Gasteiger partial charge in [0.25, 0.3) is 0 Å². The lowest BCUT2D eigenvalue weighted by atomic mass is 10.1. The maximum Gasteiger partial charge on any atom is 0.139 e. The van der Waals surface area contributed by atoms with Crippen LogP contribution in [0, 0.1) is 0 Å². The normalized spacial score (nSPS) is 20.8. The summed E-state index contributed by atoms with van der Waals surface area (Å²) in [6.45, 7) is 2.16. The first-order chi connectivity index (χ1) is 8.93. The van der Waals surface area contributed by atoms with Crippen molar-refractivity contribution >= 4 is 22.1 Å². The molecule has 18 heavy (non-hydrogen) atoms. The van der Waals surface area contributed by atoms with Crippen molar-refractivity contribution < 1.29 is 0 Å². The van der Waals surface area contributed by atoms with Gasteiger partial charge in [0, 0.05) is 24.2 Å². The zero-order valence-corrected chi connectivity index (χ0v) is 10.1. The van der Waals surface area contributed by atoms with Gasteiger partial charge in [-0.1, -0.05) is 0 Å². The van der Waals surface area contributed by atoms with Gasteiger partial charge >= 0.3 is 0 Å². The zero-order valence-electron chi connectivity index (χ0n) is 10.1. The first kappa shape index (κ1) is 10.1. The van der Waals surface area contributed by atoms with Crippen molar-refractivity contribution in [1.82, 2.24) is 24.8 Å². The Kier molecular flexibility index (Phi) is 2.14. The molecule has 3 aromatic heterocycles. The Hall–Kier alpha value is -1.88. The van der Waals surface area contributed by atoms with Crippen molar-refractivity contribution in [2.24, 2.45) is 0 Å². The van der Waals surface area contributed by atoms with Crippen LogP contribution in [0.4, 0.5) is 0 Å². The molecule has 4 heterocycles. The van der Waals surface area contributed by atoms with E-state index >= 15 is 0 Å². The van der Waals surface area contributed by atoms with Crippen LogP contribution in [-0.4, -0.2) is 32.6 Å². The summed E-state index contributed by atoms with van der Waals surface area (Å²) in [6.07, 6.45) is 8.18. The van der Waals surface area contributed by atoms with Gasteiger partial charge in [0.05, 0.1) is 18.0 Å². The van der Waals surface area contributed by atoms with Crippen LogP contribution in [0.5, 0.6) is 0 Å². The number of nitrogens with one attached hydrogen (secondary N) is 2. The highest BCUT2D eigenvalue weighted by Crippen LogP contribution is 2.27. The molecule has 5 nitrogen and oxygen atoms in total. The van der Waals surface area contributed by atoms with Crippen LogP contribution in [0.15, 0.2) is 24.8 Å². The molecule has 1 aliphatic heterocycles. The minimum atomic E-state index is 0.504. The molecule has 0 aliphatic carbocycles. The fourth-order valence-corrected chi connectivity index (χ4v) is 2.88. The quantitative estimate of drug-likeness (QED) is 0.683. The number of aromatic nitrogens is 4. The van der Waals surface area contributed by atoms with Gasteiger partial charge in [-0.3, -0.25) is 0 Å². The molecule has 1 atom stereocenters. The summed E-state index contributed by atoms with van der Waals surface area (Å²) >= 11 is 0. The second-order valence-corrected chi connectivity index (χ2v) is 4.88. The number of hydrogen-bond acceptors (Lipinski definition) is 3. The van der Waals surface area contributed by atoms with E-state index in [0.717, 1.165) is 29.6 Å². The fraction of sp³-hybridized carbons (Fsp3) is 0.385. The summed E-state index contributed by atoms with van der Waals surface area (Å²) in [5.74, 6) is 0. The number of pyridine rings is 1. The third-order valence-electron chi connectivity index (χ3n) is 3.78. The predicted octanol–water partition coefficient (Wildman–Crippen LogP) is 1.84. The van der Waals surface area contributed by atoms with Crippen molar-refractivity contribution in [3.63, 3.8) is 0 Å². The molecule has 0 unspecified atom stereocenters. The summed E-state index contributed by atoms with van der Waals surface area (Å²) in [7, 11) is 0. The summed E-state index contributed by atoms with van der Waals surface area (Å²) in [5.41, 5.74) is 3.12. The molecule has 0 bridgehead atoms. The van der Waals surface area contributed by atoms with Crippen LogP contribution in [0.3, 0.4) is 0 Å². The molecular formula is C13H15N5. The predicted molar refractivity (Wildman–Crippen MR) is 70.5 cm³/mol. The Morgan fingerprint density at radius 2 is 2.33 bits per heavy atom. The Balaban J connectivity index is 1.96. The van der Waals surface area contributed by atoms with E-state index in [1.807, 2.05) is 18.7 Å². The maximum atomic E-state index is 4.48. The molecular weight excluding hydrogens is 226 g/mol. The van der Waals surface area contributed by atoms with Gasteiger partial charge in [-0.25, -0.2) is 9.97 Å². The van der Waals surface area contributed by atoms with E-state index in [2.05, 4.69) is 30.9 Å². The number of rotatable bonds is 1. The lowest BCUT2D eigenvalue weighted by Gasteiger charge is -2.24. The van der Waals surface area contributed by atoms with Gasteiger partial charge in [0.2, 0.25) is 0 Å². The second kappa shape index (κ2) is 3.81. The summed E-state index contributed by atoms with van der Waals surface area (Å²) in [4.78, 5) is 12.0. The van der Waals surface area contributed by atoms with Gasteiger partial charge in [0.15, 0.2) is 0 Å². The smallest absolute Gasteiger partial charge is 0.139 e. The molecule has 5 heteroatoms. The molecule has 2 N–H and O–H groups in total. The van der Waals surface area contributed by atoms with Gasteiger partial charge in [-0.05, 0) is 25.5 Å². The van der Waals surface area contributed by atoms with Gasteiger partial charge in [-0.15, -0.1) is 0 Å². The van der Waals surface area contributed by atoms with Crippen molar-refractivity contribution in [2.45, 2.75) is 18.9 Å². The van der Waals surface area contributed by atoms with E-state index in [4.69, 9.17) is 0 Å². The van der Waals surface area contributed by atoms with Crippen molar-refractivity contribution in [3.05, 3.63) is 24.8 Å². The van der Waals surface area contributed by atoms with E-state index in [9.17, 15) is 0 Å². The van der Waals surface area contributed by atoms with Crippen LogP contribution >= 0.6 is 0 Å². The lowest BCUT2D eigenvalue weighted by Crippen LogP contribution is -2.31. The maximum absolute atomic E-state index is 4.48. The third kappa shape index (κ3) is 1.37. The Morgan fingerprint density at radius 1 is 1.33 bits per heavy atom. The zero-order chi connectivity index (χ0) is 11.9. The van der Waals surface area contributed by atoms with Gasteiger partial charge in [-0.2, -0.15) is 0 Å². The minimum absolute atomic E-state index is 0.504. The van der Waals surface area contributed by atoms with Crippen molar-refractivity contribution in [3.8, 4) is 0 Å². The number of piperidine rings is 1. The topological polar surface area (TPSA) is 58.5 Å². The molecule has 0 spiro atoms. The standard InChI is InChI=1S/C13H15N5/c1-2-9(6-14-4-1)18-8-17-11-7-16-13-10(12(11)18)3-5-15-13/h3,5,7-9,14H,1-2,4,6H2,(H,15,16)/t9-/m0/s1. The van der Waals surface area contributed by atoms with Crippen LogP contribution in [-0.2, 0) is 0 Å². The molecule has 3 aromatic rings. The Morgan fingerprint density at radius 3 is 3.22 bits per heavy atom. The molecule has 1 aliphatic rings. The molecule has 1 fully saturated rings. The Labute approximate surface area is 104 Å². The monoisotopic (exact) mass is 241 g/mol. The molecule has 92 valence electrons. The molecule has 0 radical (unpaired) electrons. The van der Waals surface area contributed by atoms with E-state index in [1.54, 1.807) is 0 Å². The average molecular weight is 241 g/mol. The van der Waals surface area contributed by atoms with Crippen LogP contribution in [0.1, 0.15) is 18.9 Å². The summed E-state index contributed by atoms with van der Waals surface area (Å²) in [5, 5.41) is 4.62. The lowest BCUT2D eigenvalue weighted by molar-refractivity contribution is 0.378. The van der Waals surface area contributed by atoms with E-state index < -0.39 is 0 Å². The van der Waals surface area contributed by atoms with Crippen molar-refractivity contribution in [1.29, 1.82) is 0 Å². The van der Waals surface area contributed by atoms with E-state index in [1.165, 1.54) is 18.4 Å². The number of fused-ring (bicyclic) bond motifs is 3. The average Bonchev–Trinajstić information content (AvgIpc) is 3.05. The van der Waals surface area contributed by atoms with Crippen LogP contribution < -0.4 is 5.32 Å². The third-order valence-corrected chi connectivity index (χ3v) is 3.78. The van der Waals surface area contributed by atoms with Crippen molar-refractivity contribution in [2.75, 3.05) is 13.1 Å². The summed E-state index contributed by atoms with van der Waals surface area (Å²) < 4.78 is 2.30. The first-order valence-electron chi connectivity index (χ1n) is 6.43. The SMILES string of the molecule is c1cc2c(ncc3ncn([C@H]4CCCNC4)c32)[nH]1. The first-order valence-corrected chi connectivity index (χ1v) is 6.43. The molecule has 0 aromatic carbocycles. The summed E-state index contributed by atoms with van der Waals surface area (Å²) in [6, 6.07) is 2.59. The van der Waals surface area contributed by atoms with Gasteiger partial charge < -0.3 is 14.9 Å². The number of aromatic amines is 1. The largest absolute Gasteiger partial charge is 0.346 e. The van der Waals surface area contributed by atoms with Crippen LogP contribution in [0.25, 0.3) is 22.1 Å². The molecule has 0 saturated carbocycles. The molecule has 1 saturated heterocycles. The van der Waals surface area contributed by atoms with E-state index in [0.29, 0.717) is 6.04 Å². The van der Waals surface area contributed by atoms with E-state index in [-0.39, 0.29) is 0 Å². The number of nitrogens with zero attached hydrogens (tertiary/aromatic N) is 3. The highest BCUT2D eigenvalue weighted by atomic mass is 15.1.